The molecule has 0 radical (unpaired) electrons. The third-order valence-electron chi connectivity index (χ3n) is 4.74. The molecule has 29 heavy (non-hydrogen) atoms. The number of nitrogens with zero attached hydrogens (tertiary/aromatic N) is 1. The highest BCUT2D eigenvalue weighted by Gasteiger charge is 2.22. The molecule has 3 rings (SSSR count). The molecule has 1 aromatic rings. The number of esters is 1. The van der Waals surface area contributed by atoms with Crippen LogP contribution in [0.1, 0.15) is 25.8 Å². The van der Waals surface area contributed by atoms with E-state index in [0.717, 1.165) is 22.8 Å². The quantitative estimate of drug-likeness (QED) is 0.418. The van der Waals surface area contributed by atoms with Crippen LogP contribution in [-0.2, 0) is 25.4 Å². The Kier molecular flexibility index (Phi) is 7.88. The SMILES string of the molecule is CCN(C(=O)OCOC(=O)CCOC1CSC1)C(C)Cc1ccc2c(c1)OCO2. The zero-order chi connectivity index (χ0) is 20.6. The van der Waals surface area contributed by atoms with Gasteiger partial charge in [0.05, 0.1) is 19.1 Å². The molecule has 0 aliphatic carbocycles. The number of amides is 1. The Bertz CT molecular complexity index is 710. The van der Waals surface area contributed by atoms with Crippen LogP contribution in [-0.4, -0.2) is 67.4 Å². The monoisotopic (exact) mass is 425 g/mol. The van der Waals surface area contributed by atoms with Crippen molar-refractivity contribution in [2.24, 2.45) is 0 Å². The number of rotatable bonds is 10. The number of carbonyl (C=O) groups is 2. The first-order valence-corrected chi connectivity index (χ1v) is 10.9. The van der Waals surface area contributed by atoms with Crippen molar-refractivity contribution in [3.05, 3.63) is 23.8 Å². The Hall–Kier alpha value is -2.13. The lowest BCUT2D eigenvalue weighted by molar-refractivity contribution is -0.154. The summed E-state index contributed by atoms with van der Waals surface area (Å²) in [6.45, 7) is 4.45. The molecule has 0 bridgehead atoms. The Balaban J connectivity index is 1.37. The summed E-state index contributed by atoms with van der Waals surface area (Å²) in [6.07, 6.45) is 0.513. The normalized spacial score (nSPS) is 16.1. The van der Waals surface area contributed by atoms with Crippen molar-refractivity contribution in [1.82, 2.24) is 4.90 Å². The summed E-state index contributed by atoms with van der Waals surface area (Å²) in [5, 5.41) is 0. The van der Waals surface area contributed by atoms with E-state index < -0.39 is 18.9 Å². The van der Waals surface area contributed by atoms with E-state index >= 15 is 0 Å². The first-order chi connectivity index (χ1) is 14.1. The van der Waals surface area contributed by atoms with E-state index in [1.807, 2.05) is 43.8 Å². The molecule has 0 spiro atoms. The molecule has 8 nitrogen and oxygen atoms in total. The van der Waals surface area contributed by atoms with Gasteiger partial charge in [-0.15, -0.1) is 0 Å². The van der Waals surface area contributed by atoms with Crippen molar-refractivity contribution in [2.45, 2.75) is 38.8 Å². The number of benzene rings is 1. The van der Waals surface area contributed by atoms with Gasteiger partial charge in [-0.25, -0.2) is 4.79 Å². The smallest absolute Gasteiger partial charge is 0.412 e. The van der Waals surface area contributed by atoms with Gasteiger partial charge >= 0.3 is 12.1 Å². The zero-order valence-electron chi connectivity index (χ0n) is 16.8. The van der Waals surface area contributed by atoms with Gasteiger partial charge in [0, 0.05) is 24.1 Å². The lowest BCUT2D eigenvalue weighted by atomic mass is 10.1. The van der Waals surface area contributed by atoms with Gasteiger partial charge in [0.2, 0.25) is 13.6 Å². The Morgan fingerprint density at radius 2 is 2.03 bits per heavy atom. The van der Waals surface area contributed by atoms with Crippen LogP contribution in [0.5, 0.6) is 11.5 Å². The minimum Gasteiger partial charge on any atom is -0.454 e. The number of carbonyl (C=O) groups excluding carboxylic acids is 2. The van der Waals surface area contributed by atoms with Crippen molar-refractivity contribution < 1.29 is 33.3 Å². The second-order valence-electron chi connectivity index (χ2n) is 6.85. The summed E-state index contributed by atoms with van der Waals surface area (Å²) in [5.41, 5.74) is 1.03. The van der Waals surface area contributed by atoms with E-state index in [1.165, 1.54) is 0 Å². The van der Waals surface area contributed by atoms with E-state index in [2.05, 4.69) is 0 Å². The Labute approximate surface area is 174 Å². The lowest BCUT2D eigenvalue weighted by Crippen LogP contribution is -2.40. The van der Waals surface area contributed by atoms with Crippen LogP contribution in [0.4, 0.5) is 4.79 Å². The predicted octanol–water partition coefficient (Wildman–Crippen LogP) is 2.83. The number of thioether (sulfide) groups is 1. The highest BCUT2D eigenvalue weighted by molar-refractivity contribution is 8.00. The zero-order valence-corrected chi connectivity index (χ0v) is 17.6. The third kappa shape index (κ3) is 6.17. The molecule has 1 atom stereocenters. The standard InChI is InChI=1S/C20H27NO7S/c1-3-21(14(2)8-15-4-5-17-18(9-15)26-12-25-17)20(23)28-13-27-19(22)6-7-24-16-10-29-11-16/h4-5,9,14,16H,3,6-8,10-13H2,1-2H3. The summed E-state index contributed by atoms with van der Waals surface area (Å²) in [5.74, 6) is 2.95. The van der Waals surface area contributed by atoms with Crippen LogP contribution in [0.2, 0.25) is 0 Å². The summed E-state index contributed by atoms with van der Waals surface area (Å²) in [6, 6.07) is 5.64. The number of ether oxygens (including phenoxy) is 5. The maximum Gasteiger partial charge on any atom is 0.412 e. The average Bonchev–Trinajstić information content (AvgIpc) is 3.12. The van der Waals surface area contributed by atoms with Gasteiger partial charge in [-0.1, -0.05) is 6.07 Å². The first-order valence-electron chi connectivity index (χ1n) is 9.73. The van der Waals surface area contributed by atoms with Crippen molar-refractivity contribution >= 4 is 23.8 Å². The summed E-state index contributed by atoms with van der Waals surface area (Å²) < 4.78 is 26.3. The molecule has 1 saturated heterocycles. The molecular weight excluding hydrogens is 398 g/mol. The molecule has 160 valence electrons. The fraction of sp³-hybridized carbons (Fsp3) is 0.600. The fourth-order valence-corrected chi connectivity index (χ4v) is 3.68. The molecule has 1 amide bonds. The summed E-state index contributed by atoms with van der Waals surface area (Å²) >= 11 is 1.82. The van der Waals surface area contributed by atoms with Gasteiger partial charge in [-0.05, 0) is 38.0 Å². The van der Waals surface area contributed by atoms with Gasteiger partial charge in [0.1, 0.15) is 0 Å². The first kappa shape index (κ1) is 21.6. The van der Waals surface area contributed by atoms with E-state index in [0.29, 0.717) is 25.3 Å². The van der Waals surface area contributed by atoms with Gasteiger partial charge in [-0.2, -0.15) is 11.8 Å². The Morgan fingerprint density at radius 3 is 2.76 bits per heavy atom. The van der Waals surface area contributed by atoms with Crippen LogP contribution < -0.4 is 9.47 Å². The maximum atomic E-state index is 12.4. The van der Waals surface area contributed by atoms with Crippen LogP contribution in [0.3, 0.4) is 0 Å². The van der Waals surface area contributed by atoms with E-state index in [-0.39, 0.29) is 25.4 Å². The van der Waals surface area contributed by atoms with Crippen molar-refractivity contribution in [3.63, 3.8) is 0 Å². The topological polar surface area (TPSA) is 83.5 Å². The van der Waals surface area contributed by atoms with E-state index in [1.54, 1.807) is 4.90 Å². The van der Waals surface area contributed by atoms with E-state index in [9.17, 15) is 9.59 Å². The fourth-order valence-electron chi connectivity index (χ4n) is 3.06. The molecule has 2 aliphatic rings. The van der Waals surface area contributed by atoms with Crippen molar-refractivity contribution in [1.29, 1.82) is 0 Å². The molecule has 0 aromatic heterocycles. The molecule has 0 saturated carbocycles. The summed E-state index contributed by atoms with van der Waals surface area (Å²) in [7, 11) is 0. The molecule has 2 heterocycles. The number of likely N-dealkylation sites (N-methyl/N-ethyl adjacent to an activating group) is 1. The van der Waals surface area contributed by atoms with Gasteiger partial charge < -0.3 is 28.6 Å². The molecule has 1 aromatic carbocycles. The molecule has 1 unspecified atom stereocenters. The molecule has 2 aliphatic heterocycles. The number of hydrogen-bond donors (Lipinski definition) is 0. The maximum absolute atomic E-state index is 12.4. The largest absolute Gasteiger partial charge is 0.454 e. The number of fused-ring (bicyclic) bond motifs is 1. The van der Waals surface area contributed by atoms with Gasteiger partial charge in [-0.3, -0.25) is 4.79 Å². The average molecular weight is 426 g/mol. The predicted molar refractivity (Wildman–Crippen MR) is 107 cm³/mol. The van der Waals surface area contributed by atoms with Gasteiger partial charge in [0.15, 0.2) is 11.5 Å². The lowest BCUT2D eigenvalue weighted by Gasteiger charge is -2.27. The Morgan fingerprint density at radius 1 is 1.24 bits per heavy atom. The van der Waals surface area contributed by atoms with E-state index in [4.69, 9.17) is 23.7 Å². The molecular formula is C20H27NO7S. The molecule has 9 heteroatoms. The van der Waals surface area contributed by atoms with Crippen molar-refractivity contribution in [3.8, 4) is 11.5 Å². The minimum atomic E-state index is -0.517. The van der Waals surface area contributed by atoms with Crippen LogP contribution in [0, 0.1) is 0 Å². The molecule has 0 N–H and O–H groups in total. The second kappa shape index (κ2) is 10.6. The highest BCUT2D eigenvalue weighted by atomic mass is 32.2. The van der Waals surface area contributed by atoms with Crippen LogP contribution >= 0.6 is 11.8 Å². The van der Waals surface area contributed by atoms with Crippen molar-refractivity contribution in [2.75, 3.05) is 38.2 Å². The summed E-state index contributed by atoms with van der Waals surface area (Å²) in [4.78, 5) is 25.6. The van der Waals surface area contributed by atoms with Gasteiger partial charge in [0.25, 0.3) is 0 Å². The number of hydrogen-bond acceptors (Lipinski definition) is 8. The second-order valence-corrected chi connectivity index (χ2v) is 7.93. The minimum absolute atomic E-state index is 0.0997. The molecule has 1 fully saturated rings. The highest BCUT2D eigenvalue weighted by Crippen LogP contribution is 2.33. The third-order valence-corrected chi connectivity index (χ3v) is 5.96. The van der Waals surface area contributed by atoms with Crippen LogP contribution in [0.25, 0.3) is 0 Å². The van der Waals surface area contributed by atoms with Crippen LogP contribution in [0.15, 0.2) is 18.2 Å².